The minimum Gasteiger partial charge on any atom is -0.493 e. The maximum atomic E-state index is 13.0. The summed E-state index contributed by atoms with van der Waals surface area (Å²) in [4.78, 5) is 12.1. The number of amides is 1. The summed E-state index contributed by atoms with van der Waals surface area (Å²) in [6.45, 7) is 1.40. The van der Waals surface area contributed by atoms with E-state index in [1.54, 1.807) is 18.2 Å². The zero-order valence-corrected chi connectivity index (χ0v) is 16.7. The van der Waals surface area contributed by atoms with E-state index in [9.17, 15) is 18.0 Å². The molecule has 3 N–H and O–H groups in total. The lowest BCUT2D eigenvalue weighted by molar-refractivity contribution is -0.137. The lowest BCUT2D eigenvalue weighted by Crippen LogP contribution is -2.21. The maximum absolute atomic E-state index is 13.0. The number of alkyl halides is 3. The summed E-state index contributed by atoms with van der Waals surface area (Å²) in [7, 11) is 1.47. The minimum absolute atomic E-state index is 0. The van der Waals surface area contributed by atoms with Crippen LogP contribution in [0.15, 0.2) is 42.5 Å². The summed E-state index contributed by atoms with van der Waals surface area (Å²) in [6, 6.07) is 8.37. The van der Waals surface area contributed by atoms with Crippen LogP contribution in [0.25, 0.3) is 6.08 Å². The van der Waals surface area contributed by atoms with Gasteiger partial charge in [0.05, 0.1) is 12.7 Å². The van der Waals surface area contributed by atoms with Crippen molar-refractivity contribution in [3.8, 4) is 11.5 Å². The highest BCUT2D eigenvalue weighted by Crippen LogP contribution is 2.32. The van der Waals surface area contributed by atoms with Crippen molar-refractivity contribution in [3.05, 3.63) is 59.2 Å². The van der Waals surface area contributed by atoms with Gasteiger partial charge in [0.25, 0.3) is 5.91 Å². The molecule has 2 aromatic rings. The molecule has 0 bridgehead atoms. The van der Waals surface area contributed by atoms with Crippen LogP contribution in [0.5, 0.6) is 11.5 Å². The molecule has 0 spiro atoms. The third kappa shape index (κ3) is 6.99. The first-order valence-corrected chi connectivity index (χ1v) is 8.41. The molecular formula is C20H22ClF3N2O3. The number of rotatable bonds is 7. The van der Waals surface area contributed by atoms with Gasteiger partial charge < -0.3 is 20.5 Å². The van der Waals surface area contributed by atoms with E-state index in [4.69, 9.17) is 15.2 Å². The average molecular weight is 431 g/mol. The Bertz CT molecular complexity index is 871. The first-order chi connectivity index (χ1) is 13.3. The van der Waals surface area contributed by atoms with Gasteiger partial charge in [0.2, 0.25) is 0 Å². The molecule has 9 heteroatoms. The summed E-state index contributed by atoms with van der Waals surface area (Å²) in [5.41, 5.74) is 5.71. The second-order valence-electron chi connectivity index (χ2n) is 5.87. The van der Waals surface area contributed by atoms with Crippen LogP contribution in [0, 0.1) is 0 Å². The number of halogens is 4. The Morgan fingerprint density at radius 3 is 2.48 bits per heavy atom. The first-order valence-electron chi connectivity index (χ1n) is 8.41. The average Bonchev–Trinajstić information content (AvgIpc) is 2.66. The molecule has 0 unspecified atom stereocenters. The van der Waals surface area contributed by atoms with E-state index in [-0.39, 0.29) is 30.2 Å². The number of benzene rings is 2. The number of allylic oxidation sites excluding steroid dienone is 1. The summed E-state index contributed by atoms with van der Waals surface area (Å²) < 4.78 is 49.6. The van der Waals surface area contributed by atoms with Crippen molar-refractivity contribution in [3.63, 3.8) is 0 Å². The molecule has 29 heavy (non-hydrogen) atoms. The zero-order valence-electron chi connectivity index (χ0n) is 15.9. The fourth-order valence-electron chi connectivity index (χ4n) is 2.49. The number of methoxy groups -OCH3 is 1. The predicted molar refractivity (Wildman–Crippen MR) is 108 cm³/mol. The Hall–Kier alpha value is -2.71. The van der Waals surface area contributed by atoms with Crippen LogP contribution >= 0.6 is 12.4 Å². The van der Waals surface area contributed by atoms with Gasteiger partial charge in [-0.3, -0.25) is 4.79 Å². The van der Waals surface area contributed by atoms with Crippen LogP contribution in [0.3, 0.4) is 0 Å². The van der Waals surface area contributed by atoms with Crippen molar-refractivity contribution < 1.29 is 27.4 Å². The molecule has 0 aliphatic heterocycles. The van der Waals surface area contributed by atoms with Crippen molar-refractivity contribution in [2.45, 2.75) is 19.6 Å². The molecule has 0 saturated carbocycles. The highest BCUT2D eigenvalue weighted by molar-refractivity contribution is 5.92. The monoisotopic (exact) mass is 430 g/mol. The van der Waals surface area contributed by atoms with Gasteiger partial charge in [-0.05, 0) is 48.4 Å². The molecule has 2 rings (SSSR count). The van der Waals surface area contributed by atoms with Crippen molar-refractivity contribution in [2.75, 3.05) is 19.0 Å². The number of hydrogen-bond donors (Lipinski definition) is 2. The molecule has 5 nitrogen and oxygen atoms in total. The quantitative estimate of drug-likeness (QED) is 0.670. The zero-order chi connectivity index (χ0) is 20.7. The highest BCUT2D eigenvalue weighted by Gasteiger charge is 2.31. The number of hydrogen-bond acceptors (Lipinski definition) is 4. The smallest absolute Gasteiger partial charge is 0.416 e. The molecule has 0 fully saturated rings. The second kappa shape index (κ2) is 10.7. The largest absolute Gasteiger partial charge is 0.493 e. The fraction of sp³-hybridized carbons (Fsp3) is 0.250. The van der Waals surface area contributed by atoms with Crippen LogP contribution in [-0.4, -0.2) is 19.6 Å². The van der Waals surface area contributed by atoms with E-state index in [2.05, 4.69) is 5.32 Å². The molecule has 0 saturated heterocycles. The summed E-state index contributed by atoms with van der Waals surface area (Å²) in [5.74, 6) is 0.173. The van der Waals surface area contributed by atoms with Gasteiger partial charge >= 0.3 is 6.18 Å². The van der Waals surface area contributed by atoms with Gasteiger partial charge in [-0.1, -0.05) is 18.2 Å². The molecular weight excluding hydrogens is 409 g/mol. The van der Waals surface area contributed by atoms with E-state index in [0.717, 1.165) is 17.7 Å². The molecule has 0 radical (unpaired) electrons. The topological polar surface area (TPSA) is 73.6 Å². The third-order valence-corrected chi connectivity index (χ3v) is 3.75. The van der Waals surface area contributed by atoms with Crippen LogP contribution in [-0.2, 0) is 17.5 Å². The van der Waals surface area contributed by atoms with Gasteiger partial charge in [-0.25, -0.2) is 0 Å². The molecule has 0 heterocycles. The Labute approximate surface area is 173 Å². The Balaban J connectivity index is 0.00000420. The number of ether oxygens (including phenoxy) is 2. The molecule has 2 aromatic carbocycles. The highest BCUT2D eigenvalue weighted by atomic mass is 35.5. The lowest BCUT2D eigenvalue weighted by atomic mass is 10.1. The van der Waals surface area contributed by atoms with Gasteiger partial charge in [0.15, 0.2) is 18.1 Å². The standard InChI is InChI=1S/C20H21F3N2O3.ClH/c1-3-4-13-5-6-17(18(9-13)27-2)28-12-19(26)25-16-8-14(11-24)7-15(10-16)20(21,22)23;/h3-10H,11-12,24H2,1-2H3,(H,25,26);1H/b4-3+;. The first kappa shape index (κ1) is 24.3. The molecule has 0 aliphatic rings. The van der Waals surface area contributed by atoms with Crippen LogP contribution in [0.4, 0.5) is 18.9 Å². The van der Waals surface area contributed by atoms with Gasteiger partial charge in [0, 0.05) is 12.2 Å². The Kier molecular flexibility index (Phi) is 9.00. The van der Waals surface area contributed by atoms with Gasteiger partial charge in [0.1, 0.15) is 0 Å². The number of nitrogens with two attached hydrogens (primary N) is 1. The molecule has 158 valence electrons. The van der Waals surface area contributed by atoms with Crippen LogP contribution in [0.1, 0.15) is 23.6 Å². The van der Waals surface area contributed by atoms with Crippen molar-refractivity contribution in [1.82, 2.24) is 0 Å². The second-order valence-corrected chi connectivity index (χ2v) is 5.87. The Morgan fingerprint density at radius 1 is 1.17 bits per heavy atom. The van der Waals surface area contributed by atoms with E-state index in [1.165, 1.54) is 13.2 Å². The van der Waals surface area contributed by atoms with E-state index < -0.39 is 24.3 Å². The SMILES string of the molecule is C/C=C/c1ccc(OCC(=O)Nc2cc(CN)cc(C(F)(F)F)c2)c(OC)c1.Cl. The van der Waals surface area contributed by atoms with Crippen molar-refractivity contribution in [2.24, 2.45) is 5.73 Å². The van der Waals surface area contributed by atoms with Gasteiger partial charge in [-0.15, -0.1) is 12.4 Å². The Morgan fingerprint density at radius 2 is 1.90 bits per heavy atom. The number of nitrogens with one attached hydrogen (secondary N) is 1. The fourth-order valence-corrected chi connectivity index (χ4v) is 2.49. The van der Waals surface area contributed by atoms with E-state index in [0.29, 0.717) is 11.5 Å². The number of anilines is 1. The minimum atomic E-state index is -4.54. The maximum Gasteiger partial charge on any atom is 0.416 e. The molecule has 0 aromatic heterocycles. The molecule has 0 aliphatic carbocycles. The van der Waals surface area contributed by atoms with E-state index >= 15 is 0 Å². The summed E-state index contributed by atoms with van der Waals surface area (Å²) >= 11 is 0. The molecule has 0 atom stereocenters. The summed E-state index contributed by atoms with van der Waals surface area (Å²) in [6.07, 6.45) is -0.793. The predicted octanol–water partition coefficient (Wildman–Crippen LogP) is 4.65. The number of carbonyl (C=O) groups is 1. The van der Waals surface area contributed by atoms with Crippen LogP contribution in [0.2, 0.25) is 0 Å². The normalized spacial score (nSPS) is 11.1. The lowest BCUT2D eigenvalue weighted by Gasteiger charge is -2.14. The molecule has 1 amide bonds. The van der Waals surface area contributed by atoms with Crippen molar-refractivity contribution in [1.29, 1.82) is 0 Å². The van der Waals surface area contributed by atoms with Gasteiger partial charge in [-0.2, -0.15) is 13.2 Å². The number of carbonyl (C=O) groups excluding carboxylic acids is 1. The third-order valence-electron chi connectivity index (χ3n) is 3.75. The summed E-state index contributed by atoms with van der Waals surface area (Å²) in [5, 5.41) is 2.40. The van der Waals surface area contributed by atoms with Crippen LogP contribution < -0.4 is 20.5 Å². The van der Waals surface area contributed by atoms with Crippen molar-refractivity contribution >= 4 is 30.1 Å². The van der Waals surface area contributed by atoms with E-state index in [1.807, 2.05) is 19.1 Å².